The maximum absolute atomic E-state index is 11.9. The molecule has 6 nitrogen and oxygen atoms in total. The minimum Gasteiger partial charge on any atom is -0.352 e. The van der Waals surface area contributed by atoms with E-state index in [1.165, 1.54) is 19.3 Å². The minimum atomic E-state index is 0.0940. The summed E-state index contributed by atoms with van der Waals surface area (Å²) in [7, 11) is 0. The van der Waals surface area contributed by atoms with Gasteiger partial charge < -0.3 is 10.6 Å². The number of hydrogen-bond donors (Lipinski definition) is 4. The Morgan fingerprint density at radius 2 is 2.17 bits per heavy atom. The number of nitrogens with one attached hydrogen (secondary N) is 4. The van der Waals surface area contributed by atoms with Gasteiger partial charge in [-0.2, -0.15) is 0 Å². The molecule has 6 heteroatoms. The van der Waals surface area contributed by atoms with Crippen molar-refractivity contribution < 1.29 is 4.79 Å². The number of aromatic nitrogens is 1. The Hall–Kier alpha value is -1.50. The normalized spacial score (nSPS) is 26.7. The van der Waals surface area contributed by atoms with Gasteiger partial charge in [0.25, 0.3) is 0 Å². The van der Waals surface area contributed by atoms with Gasteiger partial charge in [-0.1, -0.05) is 6.42 Å². The molecule has 0 spiro atoms. The van der Waals surface area contributed by atoms with Crippen molar-refractivity contribution in [3.8, 4) is 0 Å². The lowest BCUT2D eigenvalue weighted by Crippen LogP contribution is -2.45. The van der Waals surface area contributed by atoms with Crippen LogP contribution in [0.3, 0.4) is 0 Å². The van der Waals surface area contributed by atoms with E-state index >= 15 is 0 Å². The topological polar surface area (TPSA) is 78.1 Å². The van der Waals surface area contributed by atoms with Crippen LogP contribution in [0.4, 0.5) is 0 Å². The van der Waals surface area contributed by atoms with Crippen LogP contribution in [0.15, 0.2) is 24.5 Å². The van der Waals surface area contributed by atoms with E-state index < -0.39 is 0 Å². The van der Waals surface area contributed by atoms with Crippen molar-refractivity contribution in [1.29, 1.82) is 0 Å². The number of amides is 1. The number of hydrazine groups is 1. The molecular formula is C17H27N5O. The summed E-state index contributed by atoms with van der Waals surface area (Å²) in [4.78, 5) is 15.8. The first kappa shape index (κ1) is 16.4. The zero-order valence-electron chi connectivity index (χ0n) is 13.6. The fourth-order valence-electron chi connectivity index (χ4n) is 3.67. The van der Waals surface area contributed by atoms with E-state index in [9.17, 15) is 4.79 Å². The van der Waals surface area contributed by atoms with Crippen molar-refractivity contribution in [2.75, 3.05) is 19.6 Å². The van der Waals surface area contributed by atoms with Crippen LogP contribution in [0.1, 0.15) is 31.2 Å². The summed E-state index contributed by atoms with van der Waals surface area (Å²) in [5.74, 6) is 1.54. The van der Waals surface area contributed by atoms with Gasteiger partial charge >= 0.3 is 0 Å². The van der Waals surface area contributed by atoms with Crippen molar-refractivity contribution >= 4 is 5.91 Å². The number of hydrogen-bond acceptors (Lipinski definition) is 5. The van der Waals surface area contributed by atoms with Gasteiger partial charge in [-0.15, -0.1) is 0 Å². The summed E-state index contributed by atoms with van der Waals surface area (Å²) in [5, 5.41) is 6.40. The minimum absolute atomic E-state index is 0.0940. The molecule has 0 bridgehead atoms. The van der Waals surface area contributed by atoms with Crippen molar-refractivity contribution in [2.24, 2.45) is 11.8 Å². The average molecular weight is 317 g/mol. The highest BCUT2D eigenvalue weighted by molar-refractivity contribution is 5.76. The maximum atomic E-state index is 11.9. The Balaban J connectivity index is 1.29. The van der Waals surface area contributed by atoms with E-state index in [1.54, 1.807) is 12.4 Å². The molecule has 2 fully saturated rings. The molecule has 1 saturated heterocycles. The molecular weight excluding hydrogens is 290 g/mol. The molecule has 1 aromatic heterocycles. The lowest BCUT2D eigenvalue weighted by atomic mass is 9.78. The number of pyridine rings is 1. The smallest absolute Gasteiger partial charge is 0.221 e. The van der Waals surface area contributed by atoms with Crippen LogP contribution in [0.5, 0.6) is 0 Å². The molecule has 23 heavy (non-hydrogen) atoms. The van der Waals surface area contributed by atoms with Gasteiger partial charge in [0, 0.05) is 44.5 Å². The molecule has 3 unspecified atom stereocenters. The molecule has 4 N–H and O–H groups in total. The number of carbonyl (C=O) groups excluding carboxylic acids is 1. The summed E-state index contributed by atoms with van der Waals surface area (Å²) in [5.41, 5.74) is 7.79. The van der Waals surface area contributed by atoms with Gasteiger partial charge in [-0.3, -0.25) is 20.6 Å². The van der Waals surface area contributed by atoms with Crippen molar-refractivity contribution in [3.63, 3.8) is 0 Å². The number of fused-ring (bicyclic) bond motifs is 1. The summed E-state index contributed by atoms with van der Waals surface area (Å²) in [6, 6.07) is 4.43. The molecule has 2 aliphatic rings. The van der Waals surface area contributed by atoms with Crippen LogP contribution >= 0.6 is 0 Å². The predicted molar refractivity (Wildman–Crippen MR) is 89.3 cm³/mol. The molecule has 1 amide bonds. The van der Waals surface area contributed by atoms with Crippen molar-refractivity contribution in [3.05, 3.63) is 30.1 Å². The standard InChI is InChI=1S/C17H27N5O/c23-16(20-10-13-4-7-18-8-5-13)6-9-19-11-14-2-1-3-15-12-21-22-17(14)15/h4-5,7-8,14-15,17,19,21-22H,1-3,6,9-12H2,(H,20,23). The van der Waals surface area contributed by atoms with E-state index in [4.69, 9.17) is 0 Å². The van der Waals surface area contributed by atoms with Crippen LogP contribution in [0.25, 0.3) is 0 Å². The second kappa shape index (κ2) is 8.38. The molecule has 3 atom stereocenters. The van der Waals surface area contributed by atoms with Gasteiger partial charge in [0.15, 0.2) is 0 Å². The Morgan fingerprint density at radius 3 is 3.04 bits per heavy atom. The third-order valence-corrected chi connectivity index (χ3v) is 4.97. The van der Waals surface area contributed by atoms with E-state index in [2.05, 4.69) is 26.5 Å². The van der Waals surface area contributed by atoms with Gasteiger partial charge in [0.1, 0.15) is 0 Å². The van der Waals surface area contributed by atoms with Gasteiger partial charge in [-0.25, -0.2) is 0 Å². The van der Waals surface area contributed by atoms with Crippen molar-refractivity contribution in [2.45, 2.75) is 38.3 Å². The Labute approximate surface area is 137 Å². The first-order valence-electron chi connectivity index (χ1n) is 8.67. The van der Waals surface area contributed by atoms with Crippen LogP contribution in [0.2, 0.25) is 0 Å². The lowest BCUT2D eigenvalue weighted by Gasteiger charge is -2.33. The van der Waals surface area contributed by atoms with E-state index in [1.807, 2.05) is 12.1 Å². The zero-order chi connectivity index (χ0) is 15.9. The Bertz CT molecular complexity index is 495. The monoisotopic (exact) mass is 317 g/mol. The molecule has 1 aliphatic heterocycles. The molecule has 1 aliphatic carbocycles. The number of rotatable bonds is 7. The third-order valence-electron chi connectivity index (χ3n) is 4.97. The highest BCUT2D eigenvalue weighted by Gasteiger charge is 2.35. The highest BCUT2D eigenvalue weighted by Crippen LogP contribution is 2.30. The molecule has 0 radical (unpaired) electrons. The second-order valence-electron chi connectivity index (χ2n) is 6.59. The largest absolute Gasteiger partial charge is 0.352 e. The Kier molecular flexibility index (Phi) is 5.96. The van der Waals surface area contributed by atoms with Gasteiger partial charge in [0.05, 0.1) is 0 Å². The lowest BCUT2D eigenvalue weighted by molar-refractivity contribution is -0.121. The van der Waals surface area contributed by atoms with E-state index in [-0.39, 0.29) is 5.91 Å². The summed E-state index contributed by atoms with van der Waals surface area (Å²) in [6.07, 6.45) is 7.94. The maximum Gasteiger partial charge on any atom is 0.221 e. The first-order valence-corrected chi connectivity index (χ1v) is 8.67. The average Bonchev–Trinajstić information content (AvgIpc) is 3.07. The second-order valence-corrected chi connectivity index (χ2v) is 6.59. The molecule has 1 saturated carbocycles. The molecule has 1 aromatic rings. The summed E-state index contributed by atoms with van der Waals surface area (Å²) >= 11 is 0. The summed E-state index contributed by atoms with van der Waals surface area (Å²) < 4.78 is 0. The first-order chi connectivity index (χ1) is 11.3. The fraction of sp³-hybridized carbons (Fsp3) is 0.647. The van der Waals surface area contributed by atoms with E-state index in [0.29, 0.717) is 24.9 Å². The predicted octanol–water partition coefficient (Wildman–Crippen LogP) is 0.570. The Morgan fingerprint density at radius 1 is 1.30 bits per heavy atom. The zero-order valence-corrected chi connectivity index (χ0v) is 13.6. The van der Waals surface area contributed by atoms with Gasteiger partial charge in [-0.05, 0) is 48.9 Å². The quantitative estimate of drug-likeness (QED) is 0.553. The van der Waals surface area contributed by atoms with E-state index in [0.717, 1.165) is 31.1 Å². The molecule has 3 rings (SSSR count). The number of nitrogens with zero attached hydrogens (tertiary/aromatic N) is 1. The molecule has 2 heterocycles. The SMILES string of the molecule is O=C(CCNCC1CCCC2CNNC12)NCc1ccncc1. The van der Waals surface area contributed by atoms with Crippen LogP contribution in [0, 0.1) is 11.8 Å². The third kappa shape index (κ3) is 4.73. The van der Waals surface area contributed by atoms with Crippen LogP contribution in [-0.4, -0.2) is 36.6 Å². The van der Waals surface area contributed by atoms with Crippen LogP contribution in [-0.2, 0) is 11.3 Å². The molecule has 126 valence electrons. The molecule has 0 aromatic carbocycles. The number of carbonyl (C=O) groups is 1. The summed E-state index contributed by atoms with van der Waals surface area (Å²) in [6.45, 7) is 3.40. The van der Waals surface area contributed by atoms with Gasteiger partial charge in [0.2, 0.25) is 5.91 Å². The van der Waals surface area contributed by atoms with Crippen molar-refractivity contribution in [1.82, 2.24) is 26.5 Å². The fourth-order valence-corrected chi connectivity index (χ4v) is 3.67. The highest BCUT2D eigenvalue weighted by atomic mass is 16.1. The van der Waals surface area contributed by atoms with Crippen LogP contribution < -0.4 is 21.5 Å².